The number of amides is 1. The molecule has 0 saturated carbocycles. The monoisotopic (exact) mass is 211 g/mol. The summed E-state index contributed by atoms with van der Waals surface area (Å²) in [4.78, 5) is 20.2. The SMILES string of the molecule is [O]NC(=O)OCc1ccc([N+](=O)[O-])cc1. The van der Waals surface area contributed by atoms with Crippen LogP contribution in [0.15, 0.2) is 24.3 Å². The zero-order chi connectivity index (χ0) is 11.3. The zero-order valence-electron chi connectivity index (χ0n) is 7.50. The van der Waals surface area contributed by atoms with Gasteiger partial charge >= 0.3 is 6.09 Å². The van der Waals surface area contributed by atoms with E-state index in [1.54, 1.807) is 0 Å². The van der Waals surface area contributed by atoms with E-state index in [0.29, 0.717) is 5.56 Å². The van der Waals surface area contributed by atoms with Crippen molar-refractivity contribution >= 4 is 11.8 Å². The van der Waals surface area contributed by atoms with E-state index < -0.39 is 11.0 Å². The van der Waals surface area contributed by atoms with E-state index in [4.69, 9.17) is 0 Å². The van der Waals surface area contributed by atoms with Crippen molar-refractivity contribution in [2.45, 2.75) is 6.61 Å². The minimum absolute atomic E-state index is 0.0490. The molecular formula is C8H7N2O5. The summed E-state index contributed by atoms with van der Waals surface area (Å²) in [6.45, 7) is -0.105. The number of ether oxygens (including phenoxy) is 1. The molecule has 1 radical (unpaired) electrons. The van der Waals surface area contributed by atoms with Gasteiger partial charge in [-0.1, -0.05) is 5.21 Å². The van der Waals surface area contributed by atoms with Gasteiger partial charge in [0.1, 0.15) is 6.61 Å². The summed E-state index contributed by atoms with van der Waals surface area (Å²) >= 11 is 0. The van der Waals surface area contributed by atoms with Gasteiger partial charge < -0.3 is 4.74 Å². The van der Waals surface area contributed by atoms with Crippen LogP contribution in [0.3, 0.4) is 0 Å². The van der Waals surface area contributed by atoms with Crippen LogP contribution in [0.1, 0.15) is 5.56 Å². The van der Waals surface area contributed by atoms with Crippen LogP contribution in [0.2, 0.25) is 0 Å². The highest BCUT2D eigenvalue weighted by molar-refractivity contribution is 5.65. The third-order valence-electron chi connectivity index (χ3n) is 1.60. The van der Waals surface area contributed by atoms with Crippen LogP contribution in [0.4, 0.5) is 10.5 Å². The number of benzene rings is 1. The second-order valence-electron chi connectivity index (χ2n) is 2.60. The van der Waals surface area contributed by atoms with E-state index in [9.17, 15) is 20.1 Å². The van der Waals surface area contributed by atoms with Gasteiger partial charge in [0.15, 0.2) is 0 Å². The fourth-order valence-corrected chi connectivity index (χ4v) is 0.892. The summed E-state index contributed by atoms with van der Waals surface area (Å²) in [6, 6.07) is 5.45. The number of hydrogen-bond donors (Lipinski definition) is 1. The van der Waals surface area contributed by atoms with Crippen LogP contribution >= 0.6 is 0 Å². The number of rotatable bonds is 3. The van der Waals surface area contributed by atoms with Gasteiger partial charge in [-0.25, -0.2) is 4.79 Å². The highest BCUT2D eigenvalue weighted by Gasteiger charge is 2.05. The molecule has 1 N–H and O–H groups in total. The van der Waals surface area contributed by atoms with E-state index in [2.05, 4.69) is 4.74 Å². The van der Waals surface area contributed by atoms with Crippen molar-refractivity contribution in [1.29, 1.82) is 0 Å². The van der Waals surface area contributed by atoms with Crippen LogP contribution in [-0.4, -0.2) is 11.0 Å². The van der Waals surface area contributed by atoms with Gasteiger partial charge in [0.05, 0.1) is 4.92 Å². The van der Waals surface area contributed by atoms with Gasteiger partial charge in [-0.15, -0.1) is 0 Å². The average Bonchev–Trinajstić information content (AvgIpc) is 2.26. The Labute approximate surface area is 84.4 Å². The van der Waals surface area contributed by atoms with Gasteiger partial charge in [-0.05, 0) is 17.7 Å². The molecule has 7 nitrogen and oxygen atoms in total. The van der Waals surface area contributed by atoms with Gasteiger partial charge in [-0.2, -0.15) is 5.48 Å². The predicted molar refractivity (Wildman–Crippen MR) is 47.1 cm³/mol. The molecule has 15 heavy (non-hydrogen) atoms. The topological polar surface area (TPSA) is 101 Å². The summed E-state index contributed by atoms with van der Waals surface area (Å²) < 4.78 is 4.45. The lowest BCUT2D eigenvalue weighted by Crippen LogP contribution is -2.18. The summed E-state index contributed by atoms with van der Waals surface area (Å²) in [7, 11) is 0. The molecule has 1 aromatic rings. The number of nitro benzene ring substituents is 1. The molecule has 0 saturated heterocycles. The molecule has 0 aliphatic heterocycles. The number of hydrogen-bond acceptors (Lipinski definition) is 4. The van der Waals surface area contributed by atoms with Crippen molar-refractivity contribution in [2.24, 2.45) is 0 Å². The van der Waals surface area contributed by atoms with Crippen LogP contribution in [0.25, 0.3) is 0 Å². The van der Waals surface area contributed by atoms with Crippen molar-refractivity contribution < 1.29 is 19.7 Å². The van der Waals surface area contributed by atoms with E-state index in [1.165, 1.54) is 24.3 Å². The first-order chi connectivity index (χ1) is 7.13. The molecule has 7 heteroatoms. The average molecular weight is 211 g/mol. The standard InChI is InChI=1S/C8H7N2O5/c11-8(9-12)15-5-6-1-3-7(4-2-6)10(13)14/h1-4H,5H2,(H,9,11). The van der Waals surface area contributed by atoms with Gasteiger partial charge in [0, 0.05) is 12.1 Å². The summed E-state index contributed by atoms with van der Waals surface area (Å²) in [5.41, 5.74) is 1.56. The van der Waals surface area contributed by atoms with Gasteiger partial charge in [-0.3, -0.25) is 10.1 Å². The molecule has 0 heterocycles. The highest BCUT2D eigenvalue weighted by atomic mass is 16.6. The number of carbonyl (C=O) groups is 1. The molecule has 0 fully saturated rings. The van der Waals surface area contributed by atoms with Crippen molar-refractivity contribution in [3.63, 3.8) is 0 Å². The van der Waals surface area contributed by atoms with Gasteiger partial charge in [0.2, 0.25) is 0 Å². The molecule has 0 aliphatic rings. The van der Waals surface area contributed by atoms with Crippen LogP contribution < -0.4 is 5.48 Å². The Balaban J connectivity index is 2.57. The maximum atomic E-state index is 10.4. The van der Waals surface area contributed by atoms with Crippen molar-refractivity contribution in [3.8, 4) is 0 Å². The fraction of sp³-hybridized carbons (Fsp3) is 0.125. The molecule has 0 unspecified atom stereocenters. The number of nitrogens with one attached hydrogen (secondary N) is 1. The maximum Gasteiger partial charge on any atom is 0.434 e. The van der Waals surface area contributed by atoms with Crippen LogP contribution in [0, 0.1) is 10.1 Å². The van der Waals surface area contributed by atoms with E-state index in [1.807, 2.05) is 0 Å². The first-order valence-corrected chi connectivity index (χ1v) is 3.91. The Hall–Kier alpha value is -2.15. The third kappa shape index (κ3) is 3.24. The largest absolute Gasteiger partial charge is 0.443 e. The van der Waals surface area contributed by atoms with Crippen LogP contribution in [0.5, 0.6) is 0 Å². The molecule has 1 rings (SSSR count). The second kappa shape index (κ2) is 4.91. The molecule has 0 atom stereocenters. The Morgan fingerprint density at radius 2 is 2.00 bits per heavy atom. The number of nitro groups is 1. The highest BCUT2D eigenvalue weighted by Crippen LogP contribution is 2.12. The molecular weight excluding hydrogens is 204 g/mol. The molecule has 0 spiro atoms. The molecule has 0 aliphatic carbocycles. The van der Waals surface area contributed by atoms with E-state index in [0.717, 1.165) is 5.48 Å². The lowest BCUT2D eigenvalue weighted by atomic mass is 10.2. The smallest absolute Gasteiger partial charge is 0.434 e. The molecule has 0 aromatic heterocycles. The second-order valence-corrected chi connectivity index (χ2v) is 2.60. The minimum Gasteiger partial charge on any atom is -0.443 e. The summed E-state index contributed by atoms with van der Waals surface area (Å²) in [5.74, 6) is 0. The van der Waals surface area contributed by atoms with Crippen LogP contribution in [-0.2, 0) is 16.6 Å². The molecule has 79 valence electrons. The molecule has 0 bridgehead atoms. The van der Waals surface area contributed by atoms with Crippen molar-refractivity contribution in [1.82, 2.24) is 5.48 Å². The first kappa shape index (κ1) is 10.9. The van der Waals surface area contributed by atoms with E-state index >= 15 is 0 Å². The van der Waals surface area contributed by atoms with Crippen molar-refractivity contribution in [2.75, 3.05) is 0 Å². The molecule has 1 amide bonds. The minimum atomic E-state index is -1.09. The Morgan fingerprint density at radius 1 is 1.40 bits per heavy atom. The quantitative estimate of drug-likeness (QED) is 0.598. The Kier molecular flexibility index (Phi) is 3.58. The molecule has 1 aromatic carbocycles. The number of hydroxylamine groups is 1. The Morgan fingerprint density at radius 3 is 2.47 bits per heavy atom. The fourth-order valence-electron chi connectivity index (χ4n) is 0.892. The summed E-state index contributed by atoms with van der Waals surface area (Å²) in [5, 5.41) is 20.1. The predicted octanol–water partition coefficient (Wildman–Crippen LogP) is 1.17. The lowest BCUT2D eigenvalue weighted by molar-refractivity contribution is -0.384. The van der Waals surface area contributed by atoms with Crippen molar-refractivity contribution in [3.05, 3.63) is 39.9 Å². The maximum absolute atomic E-state index is 10.4. The number of non-ortho nitro benzene ring substituents is 1. The first-order valence-electron chi connectivity index (χ1n) is 3.91. The number of nitrogens with zero attached hydrogens (tertiary/aromatic N) is 1. The summed E-state index contributed by atoms with van der Waals surface area (Å²) in [6.07, 6.45) is -1.09. The van der Waals surface area contributed by atoms with Gasteiger partial charge in [0.25, 0.3) is 5.69 Å². The third-order valence-corrected chi connectivity index (χ3v) is 1.60. The van der Waals surface area contributed by atoms with E-state index in [-0.39, 0.29) is 12.3 Å². The number of carbonyl (C=O) groups excluding carboxylic acids is 1. The zero-order valence-corrected chi connectivity index (χ0v) is 7.50. The normalized spacial score (nSPS) is 9.40. The Bertz CT molecular complexity index is 362. The lowest BCUT2D eigenvalue weighted by Gasteiger charge is -2.01.